The lowest BCUT2D eigenvalue weighted by Gasteiger charge is -2.15. The molecule has 0 saturated carbocycles. The van der Waals surface area contributed by atoms with Crippen molar-refractivity contribution in [1.82, 2.24) is 9.55 Å². The molecule has 0 bridgehead atoms. The molecule has 1 heterocycles. The van der Waals surface area contributed by atoms with Gasteiger partial charge in [0.1, 0.15) is 0 Å². The van der Waals surface area contributed by atoms with E-state index in [1.165, 1.54) is 17.3 Å². The number of benzene rings is 2. The Morgan fingerprint density at radius 2 is 1.89 bits per heavy atom. The lowest BCUT2D eigenvalue weighted by atomic mass is 10.1. The van der Waals surface area contributed by atoms with Crippen molar-refractivity contribution in [2.75, 3.05) is 0 Å². The van der Waals surface area contributed by atoms with Gasteiger partial charge in [0.15, 0.2) is 10.9 Å². The molecule has 0 radical (unpaired) electrons. The molecule has 0 aliphatic rings. The number of hydrogen-bond donors (Lipinski definition) is 0. The van der Waals surface area contributed by atoms with E-state index in [0.717, 1.165) is 12.8 Å². The molecular weight excluding hydrogens is 392 g/mol. The van der Waals surface area contributed by atoms with E-state index in [1.807, 2.05) is 38.1 Å². The normalized spacial score (nSPS) is 12.3. The van der Waals surface area contributed by atoms with Crippen LogP contribution in [0.4, 0.5) is 0 Å². The Labute approximate surface area is 173 Å². The number of Topliss-reactive ketones (excluding diaryl/α,β-unsaturated/α-hetero) is 1. The fourth-order valence-electron chi connectivity index (χ4n) is 3.04. The molecule has 28 heavy (non-hydrogen) atoms. The molecule has 2 aromatic carbocycles. The Morgan fingerprint density at radius 1 is 1.18 bits per heavy atom. The highest BCUT2D eigenvalue weighted by Gasteiger charge is 2.20. The van der Waals surface area contributed by atoms with Crippen molar-refractivity contribution in [2.45, 2.75) is 50.6 Å². The average molecular weight is 415 g/mol. The summed E-state index contributed by atoms with van der Waals surface area (Å²) in [5.74, 6) is 0.0242. The second kappa shape index (κ2) is 8.93. The van der Waals surface area contributed by atoms with Gasteiger partial charge in [0.05, 0.1) is 16.2 Å². The number of carbonyl (C=O) groups is 1. The van der Waals surface area contributed by atoms with Gasteiger partial charge in [-0.2, -0.15) is 0 Å². The van der Waals surface area contributed by atoms with Crippen LogP contribution in [0.15, 0.2) is 52.4 Å². The van der Waals surface area contributed by atoms with E-state index >= 15 is 0 Å². The maximum atomic E-state index is 12.9. The Hall–Kier alpha value is -2.11. The maximum absolute atomic E-state index is 12.9. The SMILES string of the molecule is CCCn1c(S[C@H](C)C(=O)c2ccc(CC)cc2)nc2cc(Cl)ccc2c1=O. The van der Waals surface area contributed by atoms with E-state index in [9.17, 15) is 9.59 Å². The van der Waals surface area contributed by atoms with Crippen LogP contribution in [0, 0.1) is 0 Å². The van der Waals surface area contributed by atoms with Crippen LogP contribution in [0.2, 0.25) is 5.02 Å². The molecule has 0 unspecified atom stereocenters. The van der Waals surface area contributed by atoms with Crippen LogP contribution in [0.5, 0.6) is 0 Å². The predicted molar refractivity (Wildman–Crippen MR) is 117 cm³/mol. The number of ketones is 1. The number of carbonyl (C=O) groups excluding carboxylic acids is 1. The van der Waals surface area contributed by atoms with Gasteiger partial charge in [0.25, 0.3) is 5.56 Å². The molecule has 4 nitrogen and oxygen atoms in total. The fraction of sp³-hybridized carbons (Fsp3) is 0.318. The standard InChI is InChI=1S/C22H23ClN2O2S/c1-4-12-25-21(27)18-11-10-17(23)13-19(18)24-22(25)28-14(3)20(26)16-8-6-15(5-2)7-9-16/h6-11,13-14H,4-5,12H2,1-3H3/t14-/m1/s1. The van der Waals surface area contributed by atoms with E-state index in [1.54, 1.807) is 22.8 Å². The first-order valence-electron chi connectivity index (χ1n) is 9.44. The summed E-state index contributed by atoms with van der Waals surface area (Å²) in [5, 5.41) is 1.26. The van der Waals surface area contributed by atoms with Gasteiger partial charge in [0.2, 0.25) is 0 Å². The third-order valence-corrected chi connectivity index (χ3v) is 5.95. The zero-order valence-corrected chi connectivity index (χ0v) is 17.8. The first kappa shape index (κ1) is 20.6. The van der Waals surface area contributed by atoms with Gasteiger partial charge in [-0.3, -0.25) is 14.2 Å². The highest BCUT2D eigenvalue weighted by atomic mass is 35.5. The number of nitrogens with zero attached hydrogens (tertiary/aromatic N) is 2. The van der Waals surface area contributed by atoms with Crippen molar-refractivity contribution in [3.63, 3.8) is 0 Å². The molecule has 0 N–H and O–H groups in total. The number of thioether (sulfide) groups is 1. The molecule has 1 atom stereocenters. The summed E-state index contributed by atoms with van der Waals surface area (Å²) in [4.78, 5) is 30.4. The molecule has 0 aliphatic heterocycles. The van der Waals surface area contributed by atoms with Gasteiger partial charge in [-0.1, -0.05) is 61.5 Å². The Kier molecular flexibility index (Phi) is 6.57. The van der Waals surface area contributed by atoms with Crippen LogP contribution in [0.1, 0.15) is 43.1 Å². The number of hydrogen-bond acceptors (Lipinski definition) is 4. The predicted octanol–water partition coefficient (Wildman–Crippen LogP) is 5.39. The van der Waals surface area contributed by atoms with Crippen LogP contribution in [-0.2, 0) is 13.0 Å². The number of rotatable bonds is 7. The van der Waals surface area contributed by atoms with Gasteiger partial charge in [-0.05, 0) is 43.5 Å². The fourth-order valence-corrected chi connectivity index (χ4v) is 4.21. The third kappa shape index (κ3) is 4.31. The monoisotopic (exact) mass is 414 g/mol. The minimum atomic E-state index is -0.362. The number of fused-ring (bicyclic) bond motifs is 1. The lowest BCUT2D eigenvalue weighted by molar-refractivity contribution is 0.0994. The largest absolute Gasteiger partial charge is 0.293 e. The van der Waals surface area contributed by atoms with Crippen LogP contribution in [-0.4, -0.2) is 20.6 Å². The summed E-state index contributed by atoms with van der Waals surface area (Å²) >= 11 is 7.39. The van der Waals surface area contributed by atoms with E-state index < -0.39 is 0 Å². The number of halogens is 1. The quantitative estimate of drug-likeness (QED) is 0.295. The molecule has 0 saturated heterocycles. The van der Waals surface area contributed by atoms with Crippen molar-refractivity contribution < 1.29 is 4.79 Å². The zero-order chi connectivity index (χ0) is 20.3. The van der Waals surface area contributed by atoms with E-state index in [0.29, 0.717) is 33.2 Å². The van der Waals surface area contributed by atoms with Crippen LogP contribution in [0.3, 0.4) is 0 Å². The number of aromatic nitrogens is 2. The molecule has 6 heteroatoms. The Bertz CT molecular complexity index is 1060. The van der Waals surface area contributed by atoms with Gasteiger partial charge in [-0.15, -0.1) is 0 Å². The van der Waals surface area contributed by atoms with E-state index in [2.05, 4.69) is 11.9 Å². The minimum absolute atomic E-state index is 0.0242. The van der Waals surface area contributed by atoms with Gasteiger partial charge in [-0.25, -0.2) is 4.98 Å². The summed E-state index contributed by atoms with van der Waals surface area (Å²) in [6, 6.07) is 12.8. The topological polar surface area (TPSA) is 52.0 Å². The number of aryl methyl sites for hydroxylation is 1. The summed E-state index contributed by atoms with van der Waals surface area (Å²) in [5.41, 5.74) is 2.32. The van der Waals surface area contributed by atoms with Crippen molar-refractivity contribution >= 4 is 40.0 Å². The molecule has 0 aliphatic carbocycles. The maximum Gasteiger partial charge on any atom is 0.262 e. The molecular formula is C22H23ClN2O2S. The van der Waals surface area contributed by atoms with Crippen LogP contribution >= 0.6 is 23.4 Å². The van der Waals surface area contributed by atoms with Crippen LogP contribution < -0.4 is 5.56 Å². The van der Waals surface area contributed by atoms with E-state index in [-0.39, 0.29) is 16.6 Å². The summed E-state index contributed by atoms with van der Waals surface area (Å²) in [6.45, 7) is 6.50. The molecule has 1 aromatic heterocycles. The highest BCUT2D eigenvalue weighted by Crippen LogP contribution is 2.26. The van der Waals surface area contributed by atoms with Gasteiger partial charge < -0.3 is 0 Å². The molecule has 3 aromatic rings. The van der Waals surface area contributed by atoms with Crippen molar-refractivity contribution in [1.29, 1.82) is 0 Å². The first-order chi connectivity index (χ1) is 13.4. The second-order valence-corrected chi connectivity index (χ2v) is 8.43. The Balaban J connectivity index is 1.96. The molecule has 0 spiro atoms. The van der Waals surface area contributed by atoms with Crippen LogP contribution in [0.25, 0.3) is 10.9 Å². The molecule has 0 amide bonds. The van der Waals surface area contributed by atoms with Crippen molar-refractivity contribution in [3.8, 4) is 0 Å². The lowest BCUT2D eigenvalue weighted by Crippen LogP contribution is -2.25. The Morgan fingerprint density at radius 3 is 2.54 bits per heavy atom. The van der Waals surface area contributed by atoms with E-state index in [4.69, 9.17) is 11.6 Å². The minimum Gasteiger partial charge on any atom is -0.293 e. The average Bonchev–Trinajstić information content (AvgIpc) is 2.70. The molecule has 0 fully saturated rings. The summed E-state index contributed by atoms with van der Waals surface area (Å²) in [6.07, 6.45) is 1.74. The molecule has 146 valence electrons. The first-order valence-corrected chi connectivity index (χ1v) is 10.7. The van der Waals surface area contributed by atoms with Crippen molar-refractivity contribution in [2.24, 2.45) is 0 Å². The summed E-state index contributed by atoms with van der Waals surface area (Å²) in [7, 11) is 0. The smallest absolute Gasteiger partial charge is 0.262 e. The zero-order valence-electron chi connectivity index (χ0n) is 16.2. The van der Waals surface area contributed by atoms with Gasteiger partial charge in [0, 0.05) is 17.1 Å². The molecule has 3 rings (SSSR count). The van der Waals surface area contributed by atoms with Crippen molar-refractivity contribution in [3.05, 3.63) is 69.0 Å². The second-order valence-electron chi connectivity index (χ2n) is 6.69. The third-order valence-electron chi connectivity index (χ3n) is 4.63. The van der Waals surface area contributed by atoms with Gasteiger partial charge >= 0.3 is 0 Å². The highest BCUT2D eigenvalue weighted by molar-refractivity contribution is 8.00. The summed E-state index contributed by atoms with van der Waals surface area (Å²) < 4.78 is 1.66.